The van der Waals surface area contributed by atoms with Crippen LogP contribution < -0.4 is 0 Å². The highest BCUT2D eigenvalue weighted by molar-refractivity contribution is 5.93. The van der Waals surface area contributed by atoms with Crippen molar-refractivity contribution in [3.05, 3.63) is 65.2 Å². The Hall–Kier alpha value is -2.27. The first-order chi connectivity index (χ1) is 11.1. The van der Waals surface area contributed by atoms with Crippen molar-refractivity contribution in [2.75, 3.05) is 6.54 Å². The molecule has 2 atom stereocenters. The third-order valence-electron chi connectivity index (χ3n) is 4.25. The Kier molecular flexibility index (Phi) is 4.39. The maximum atomic E-state index is 13.1. The molecule has 1 aliphatic rings. The minimum absolute atomic E-state index is 0.203. The average molecular weight is 314 g/mol. The highest BCUT2D eigenvalue weighted by atomic mass is 19.1. The van der Waals surface area contributed by atoms with E-state index in [1.165, 1.54) is 12.1 Å². The fourth-order valence-electron chi connectivity index (χ4n) is 3.00. The first-order valence-corrected chi connectivity index (χ1v) is 7.78. The standard InChI is InChI=1S/C18H19FN2O2/c1-2-12-7-8-20-16(9-12)18(23)21-11-15(22)10-17(21)13-3-5-14(19)6-4-13/h3-9,15,17,22H,2,10-11H2,1H3. The number of β-amino-alcohol motifs (C(OH)–C–C–N with tert-alkyl or cyclic N) is 1. The predicted molar refractivity (Wildman–Crippen MR) is 84.4 cm³/mol. The van der Waals surface area contributed by atoms with Gasteiger partial charge in [-0.1, -0.05) is 19.1 Å². The Balaban J connectivity index is 1.89. The zero-order valence-corrected chi connectivity index (χ0v) is 12.9. The Bertz CT molecular complexity index is 702. The van der Waals surface area contributed by atoms with Crippen LogP contribution in [-0.4, -0.2) is 33.5 Å². The highest BCUT2D eigenvalue weighted by Gasteiger charge is 2.36. The monoisotopic (exact) mass is 314 g/mol. The number of halogens is 1. The van der Waals surface area contributed by atoms with E-state index in [4.69, 9.17) is 0 Å². The second kappa shape index (κ2) is 6.46. The van der Waals surface area contributed by atoms with Crippen LogP contribution in [0.15, 0.2) is 42.6 Å². The van der Waals surface area contributed by atoms with E-state index in [1.54, 1.807) is 29.3 Å². The Morgan fingerprint density at radius 1 is 1.35 bits per heavy atom. The molecule has 1 N–H and O–H groups in total. The third-order valence-corrected chi connectivity index (χ3v) is 4.25. The number of pyridine rings is 1. The van der Waals surface area contributed by atoms with E-state index in [0.717, 1.165) is 17.5 Å². The maximum Gasteiger partial charge on any atom is 0.273 e. The van der Waals surface area contributed by atoms with Crippen LogP contribution in [0.1, 0.15) is 41.0 Å². The van der Waals surface area contributed by atoms with Gasteiger partial charge in [0.2, 0.25) is 0 Å². The molecule has 0 saturated carbocycles. The first-order valence-electron chi connectivity index (χ1n) is 7.78. The molecule has 3 rings (SSSR count). The fourth-order valence-corrected chi connectivity index (χ4v) is 3.00. The van der Waals surface area contributed by atoms with Gasteiger partial charge in [0.05, 0.1) is 12.1 Å². The number of hydrogen-bond donors (Lipinski definition) is 1. The Morgan fingerprint density at radius 2 is 2.09 bits per heavy atom. The van der Waals surface area contributed by atoms with Crippen LogP contribution in [0.5, 0.6) is 0 Å². The van der Waals surface area contributed by atoms with E-state index in [2.05, 4.69) is 4.98 Å². The van der Waals surface area contributed by atoms with Crippen LogP contribution in [-0.2, 0) is 6.42 Å². The summed E-state index contributed by atoms with van der Waals surface area (Å²) >= 11 is 0. The molecular formula is C18H19FN2O2. The van der Waals surface area contributed by atoms with E-state index >= 15 is 0 Å². The quantitative estimate of drug-likeness (QED) is 0.948. The second-order valence-corrected chi connectivity index (χ2v) is 5.82. The van der Waals surface area contributed by atoms with Gasteiger partial charge in [0, 0.05) is 12.7 Å². The molecule has 1 amide bonds. The predicted octanol–water partition coefficient (Wildman–Crippen LogP) is 2.73. The summed E-state index contributed by atoms with van der Waals surface area (Å²) in [6, 6.07) is 9.48. The summed E-state index contributed by atoms with van der Waals surface area (Å²) in [6.45, 7) is 2.28. The number of aromatic nitrogens is 1. The number of nitrogens with zero attached hydrogens (tertiary/aromatic N) is 2. The molecule has 0 bridgehead atoms. The summed E-state index contributed by atoms with van der Waals surface area (Å²) < 4.78 is 13.1. The number of amides is 1. The lowest BCUT2D eigenvalue weighted by atomic mass is 10.0. The van der Waals surface area contributed by atoms with Gasteiger partial charge in [-0.25, -0.2) is 4.39 Å². The molecule has 2 aromatic rings. The molecule has 23 heavy (non-hydrogen) atoms. The average Bonchev–Trinajstić information content (AvgIpc) is 2.96. The topological polar surface area (TPSA) is 53.4 Å². The van der Waals surface area contributed by atoms with E-state index in [0.29, 0.717) is 12.1 Å². The number of hydrogen-bond acceptors (Lipinski definition) is 3. The smallest absolute Gasteiger partial charge is 0.273 e. The summed E-state index contributed by atoms with van der Waals surface area (Å²) in [5.74, 6) is -0.520. The number of benzene rings is 1. The van der Waals surface area contributed by atoms with Gasteiger partial charge in [0.15, 0.2) is 0 Å². The molecule has 1 fully saturated rings. The highest BCUT2D eigenvalue weighted by Crippen LogP contribution is 2.33. The van der Waals surface area contributed by atoms with Crippen LogP contribution in [0.4, 0.5) is 4.39 Å². The van der Waals surface area contributed by atoms with Crippen LogP contribution in [0.3, 0.4) is 0 Å². The van der Waals surface area contributed by atoms with E-state index in [9.17, 15) is 14.3 Å². The maximum absolute atomic E-state index is 13.1. The number of aliphatic hydroxyl groups is 1. The van der Waals surface area contributed by atoms with Crippen LogP contribution in [0, 0.1) is 5.82 Å². The molecule has 5 heteroatoms. The van der Waals surface area contributed by atoms with Gasteiger partial charge in [-0.3, -0.25) is 9.78 Å². The summed E-state index contributed by atoms with van der Waals surface area (Å²) in [6.07, 6.45) is 2.33. The van der Waals surface area contributed by atoms with Crippen molar-refractivity contribution in [3.63, 3.8) is 0 Å². The lowest BCUT2D eigenvalue weighted by Gasteiger charge is -2.24. The second-order valence-electron chi connectivity index (χ2n) is 5.82. The Labute approximate surface area is 134 Å². The van der Waals surface area contributed by atoms with Crippen molar-refractivity contribution < 1.29 is 14.3 Å². The van der Waals surface area contributed by atoms with E-state index in [1.807, 2.05) is 13.0 Å². The van der Waals surface area contributed by atoms with Crippen molar-refractivity contribution in [2.45, 2.75) is 31.9 Å². The van der Waals surface area contributed by atoms with E-state index in [-0.39, 0.29) is 24.3 Å². The third kappa shape index (κ3) is 3.24. The molecule has 2 unspecified atom stereocenters. The molecule has 2 heterocycles. The minimum atomic E-state index is -0.580. The van der Waals surface area contributed by atoms with Crippen molar-refractivity contribution in [2.24, 2.45) is 0 Å². The molecule has 0 radical (unpaired) electrons. The molecule has 4 nitrogen and oxygen atoms in total. The van der Waals surface area contributed by atoms with Gasteiger partial charge in [-0.2, -0.15) is 0 Å². The molecule has 1 aromatic heterocycles. The molecule has 0 aliphatic carbocycles. The summed E-state index contributed by atoms with van der Waals surface area (Å²) in [4.78, 5) is 18.6. The fraction of sp³-hybridized carbons (Fsp3) is 0.333. The summed E-state index contributed by atoms with van der Waals surface area (Å²) in [5, 5.41) is 9.99. The van der Waals surface area contributed by atoms with Crippen molar-refractivity contribution in [3.8, 4) is 0 Å². The van der Waals surface area contributed by atoms with Gasteiger partial charge >= 0.3 is 0 Å². The summed E-state index contributed by atoms with van der Waals surface area (Å²) in [7, 11) is 0. The number of aliphatic hydroxyl groups excluding tert-OH is 1. The summed E-state index contributed by atoms with van der Waals surface area (Å²) in [5.41, 5.74) is 2.25. The number of rotatable bonds is 3. The molecular weight excluding hydrogens is 295 g/mol. The SMILES string of the molecule is CCc1ccnc(C(=O)N2CC(O)CC2c2ccc(F)cc2)c1. The lowest BCUT2D eigenvalue weighted by Crippen LogP contribution is -2.32. The van der Waals surface area contributed by atoms with Gasteiger partial charge < -0.3 is 10.0 Å². The minimum Gasteiger partial charge on any atom is -0.391 e. The molecule has 120 valence electrons. The number of aryl methyl sites for hydroxylation is 1. The molecule has 1 saturated heterocycles. The van der Waals surface area contributed by atoms with Crippen molar-refractivity contribution in [1.82, 2.24) is 9.88 Å². The zero-order valence-electron chi connectivity index (χ0n) is 12.9. The van der Waals surface area contributed by atoms with Crippen LogP contribution >= 0.6 is 0 Å². The van der Waals surface area contributed by atoms with Gasteiger partial charge in [-0.15, -0.1) is 0 Å². The molecule has 1 aromatic carbocycles. The molecule has 1 aliphatic heterocycles. The lowest BCUT2D eigenvalue weighted by molar-refractivity contribution is 0.0709. The Morgan fingerprint density at radius 3 is 2.78 bits per heavy atom. The largest absolute Gasteiger partial charge is 0.391 e. The first kappa shape index (κ1) is 15.6. The van der Waals surface area contributed by atoms with Gasteiger partial charge in [0.25, 0.3) is 5.91 Å². The number of carbonyl (C=O) groups is 1. The molecule has 0 spiro atoms. The van der Waals surface area contributed by atoms with Crippen LogP contribution in [0.2, 0.25) is 0 Å². The number of likely N-dealkylation sites (tertiary alicyclic amines) is 1. The van der Waals surface area contributed by atoms with E-state index < -0.39 is 6.10 Å². The normalized spacial score (nSPS) is 20.7. The van der Waals surface area contributed by atoms with Gasteiger partial charge in [-0.05, 0) is 48.2 Å². The van der Waals surface area contributed by atoms with Crippen LogP contribution in [0.25, 0.3) is 0 Å². The van der Waals surface area contributed by atoms with Gasteiger partial charge in [0.1, 0.15) is 11.5 Å². The zero-order chi connectivity index (χ0) is 16.4. The van der Waals surface area contributed by atoms with Crippen molar-refractivity contribution in [1.29, 1.82) is 0 Å². The number of carbonyl (C=O) groups excluding carboxylic acids is 1. The van der Waals surface area contributed by atoms with Crippen molar-refractivity contribution >= 4 is 5.91 Å².